The van der Waals surface area contributed by atoms with E-state index in [0.29, 0.717) is 17.4 Å². The molecule has 60 heavy (non-hydrogen) atoms. The van der Waals surface area contributed by atoms with Gasteiger partial charge in [-0.15, -0.1) is 0 Å². The second kappa shape index (κ2) is 18.3. The third kappa shape index (κ3) is 9.34. The van der Waals surface area contributed by atoms with Crippen LogP contribution in [0.5, 0.6) is 11.5 Å². The maximum atomic E-state index is 11.5. The molecule has 6 aromatic carbocycles. The molecule has 0 bridgehead atoms. The first-order chi connectivity index (χ1) is 28.6. The summed E-state index contributed by atoms with van der Waals surface area (Å²) >= 11 is 0. The van der Waals surface area contributed by atoms with Crippen LogP contribution in [0.15, 0.2) is 151 Å². The van der Waals surface area contributed by atoms with Gasteiger partial charge in [0.05, 0.1) is 0 Å². The van der Waals surface area contributed by atoms with Gasteiger partial charge in [0.25, 0.3) is 0 Å². The molecule has 0 radical (unpaired) electrons. The second-order valence-electron chi connectivity index (χ2n) is 18.6. The molecule has 7 rings (SSSR count). The molecule has 6 aromatic rings. The first-order valence-electron chi connectivity index (χ1n) is 21.6. The van der Waals surface area contributed by atoms with E-state index in [1.807, 2.05) is 54.7 Å². The highest BCUT2D eigenvalue weighted by atomic mass is 16.3. The van der Waals surface area contributed by atoms with Crippen LogP contribution >= 0.6 is 0 Å². The fourth-order valence-electron chi connectivity index (χ4n) is 8.68. The lowest BCUT2D eigenvalue weighted by Gasteiger charge is -2.32. The van der Waals surface area contributed by atoms with Crippen LogP contribution < -0.4 is 0 Å². The van der Waals surface area contributed by atoms with Crippen molar-refractivity contribution in [1.82, 2.24) is 0 Å². The fraction of sp³-hybridized carbons (Fsp3) is 0.321. The van der Waals surface area contributed by atoms with Gasteiger partial charge >= 0.3 is 0 Å². The van der Waals surface area contributed by atoms with E-state index in [4.69, 9.17) is 10.4 Å². The number of rotatable bonds is 11. The van der Waals surface area contributed by atoms with Gasteiger partial charge in [0.2, 0.25) is 0 Å². The van der Waals surface area contributed by atoms with Gasteiger partial charge in [0.1, 0.15) is 11.5 Å². The van der Waals surface area contributed by atoms with E-state index in [0.717, 1.165) is 40.7 Å². The van der Waals surface area contributed by atoms with Gasteiger partial charge in [-0.3, -0.25) is 4.99 Å². The van der Waals surface area contributed by atoms with E-state index in [1.54, 1.807) is 0 Å². The highest BCUT2D eigenvalue weighted by molar-refractivity contribution is 5.85. The molecule has 0 atom stereocenters. The first-order valence-corrected chi connectivity index (χ1v) is 21.6. The van der Waals surface area contributed by atoms with Gasteiger partial charge in [0, 0.05) is 62.4 Å². The quantitative estimate of drug-likeness (QED) is 0.114. The minimum Gasteiger partial charge on any atom is -0.507 e. The molecule has 0 spiro atoms. The molecule has 1 aliphatic carbocycles. The third-order valence-electron chi connectivity index (χ3n) is 13.2. The van der Waals surface area contributed by atoms with Gasteiger partial charge in [-0.25, -0.2) is 0 Å². The number of aromatic hydroxyl groups is 2. The number of benzene rings is 6. The monoisotopic (exact) mass is 796 g/mol. The number of hydrogen-bond acceptors (Lipinski definition) is 4. The van der Waals surface area contributed by atoms with Crippen molar-refractivity contribution in [3.63, 3.8) is 0 Å². The molecular weight excluding hydrogens is 733 g/mol. The fourth-order valence-corrected chi connectivity index (χ4v) is 8.68. The normalized spacial score (nSPS) is 14.1. The Balaban J connectivity index is 0.000000205. The van der Waals surface area contributed by atoms with E-state index in [1.165, 1.54) is 47.7 Å². The lowest BCUT2D eigenvalue weighted by Crippen LogP contribution is -2.24. The highest BCUT2D eigenvalue weighted by Crippen LogP contribution is 2.44. The lowest BCUT2D eigenvalue weighted by molar-refractivity contribution is 0.442. The zero-order valence-electron chi connectivity index (χ0n) is 37.0. The summed E-state index contributed by atoms with van der Waals surface area (Å²) in [6.45, 7) is 17.5. The van der Waals surface area contributed by atoms with Crippen molar-refractivity contribution in [2.24, 2.45) is 4.99 Å². The van der Waals surface area contributed by atoms with Crippen LogP contribution in [0.4, 0.5) is 0 Å². The molecule has 4 heteroatoms. The molecule has 0 aliphatic heterocycles. The predicted molar refractivity (Wildman–Crippen MR) is 253 cm³/mol. The molecule has 1 saturated carbocycles. The average molecular weight is 797 g/mol. The molecule has 0 heterocycles. The predicted octanol–water partition coefficient (Wildman–Crippen LogP) is 13.8. The van der Waals surface area contributed by atoms with Crippen LogP contribution in [-0.4, -0.2) is 28.7 Å². The Morgan fingerprint density at radius 3 is 1.15 bits per heavy atom. The van der Waals surface area contributed by atoms with Crippen LogP contribution in [0.25, 0.3) is 0 Å². The highest BCUT2D eigenvalue weighted by Gasteiger charge is 2.33. The Bertz CT molecular complexity index is 2370. The minimum atomic E-state index is -0.383. The van der Waals surface area contributed by atoms with E-state index in [9.17, 15) is 10.2 Å². The molecule has 0 aromatic heterocycles. The number of phenolic OH excluding ortho intramolecular Hbond substituents is 2. The van der Waals surface area contributed by atoms with Gasteiger partial charge in [0.15, 0.2) is 0 Å². The summed E-state index contributed by atoms with van der Waals surface area (Å²) in [4.78, 5) is 4.92. The SMILES string of the molecule is CC(C)(c1ccccc1)c1cc(C=N)c(O)c(C(C)(C)c2ccccc2)c1.CC(C)(c1ccccc1)c1cc(C=NC2CCCCC2)c(O)c(C(C)(C)c2ccccc2)c1. The molecule has 0 unspecified atom stereocenters. The smallest absolute Gasteiger partial charge is 0.128 e. The largest absolute Gasteiger partial charge is 0.507 e. The maximum Gasteiger partial charge on any atom is 0.128 e. The van der Waals surface area contributed by atoms with Crippen molar-refractivity contribution in [3.8, 4) is 11.5 Å². The van der Waals surface area contributed by atoms with Gasteiger partial charge in [-0.2, -0.15) is 0 Å². The summed E-state index contributed by atoms with van der Waals surface area (Å²) in [5.41, 5.74) is 9.04. The Labute approximate surface area is 359 Å². The standard InChI is InChI=1S/C31H37NO.C25H27NO/c1-30(2,24-14-8-5-9-15-24)26-20-23(22-32-27-18-12-7-13-19-27)29(33)28(21-26)31(3,4)25-16-10-6-11-17-25;1-24(2,19-11-7-5-8-12-19)21-15-18(17-26)23(27)22(16-21)25(3,4)20-13-9-6-10-14-20/h5-6,8-11,14-17,20-22,27,33H,7,12-13,18-19H2,1-4H3;5-17,26-27H,1-4H3. The number of hydrogen-bond donors (Lipinski definition) is 3. The van der Waals surface area contributed by atoms with E-state index in [-0.39, 0.29) is 27.4 Å². The Morgan fingerprint density at radius 1 is 0.450 bits per heavy atom. The average Bonchev–Trinajstić information content (AvgIpc) is 3.27. The van der Waals surface area contributed by atoms with Crippen molar-refractivity contribution in [1.29, 1.82) is 5.41 Å². The Morgan fingerprint density at radius 2 is 0.783 bits per heavy atom. The summed E-state index contributed by atoms with van der Waals surface area (Å²) in [6.07, 6.45) is 9.28. The Kier molecular flexibility index (Phi) is 13.3. The van der Waals surface area contributed by atoms with Crippen LogP contribution in [0.2, 0.25) is 0 Å². The number of phenols is 2. The molecule has 1 aliphatic rings. The van der Waals surface area contributed by atoms with Gasteiger partial charge < -0.3 is 15.6 Å². The van der Waals surface area contributed by atoms with Gasteiger partial charge in [-0.1, -0.05) is 208 Å². The topological polar surface area (TPSA) is 76.7 Å². The van der Waals surface area contributed by atoms with Crippen LogP contribution in [0.3, 0.4) is 0 Å². The summed E-state index contributed by atoms with van der Waals surface area (Å²) in [5, 5.41) is 30.2. The van der Waals surface area contributed by atoms with Crippen LogP contribution in [-0.2, 0) is 21.7 Å². The number of nitrogens with zero attached hydrogens (tertiary/aromatic N) is 1. The van der Waals surface area contributed by atoms with Crippen LogP contribution in [0.1, 0.15) is 143 Å². The Hall–Kier alpha value is -5.74. The van der Waals surface area contributed by atoms with E-state index < -0.39 is 0 Å². The zero-order chi connectivity index (χ0) is 43.1. The lowest BCUT2D eigenvalue weighted by atomic mass is 9.72. The molecule has 0 saturated heterocycles. The van der Waals surface area contributed by atoms with Crippen LogP contribution in [0, 0.1) is 5.41 Å². The van der Waals surface area contributed by atoms with Crippen molar-refractivity contribution < 1.29 is 10.2 Å². The first kappa shape index (κ1) is 43.8. The van der Waals surface area contributed by atoms with E-state index in [2.05, 4.69) is 152 Å². The summed E-state index contributed by atoms with van der Waals surface area (Å²) < 4.78 is 0. The number of aliphatic imine (C=N–C) groups is 1. The number of nitrogens with one attached hydrogen (secondary N) is 1. The van der Waals surface area contributed by atoms with Crippen molar-refractivity contribution in [3.05, 3.63) is 201 Å². The minimum absolute atomic E-state index is 0.187. The molecule has 310 valence electrons. The molecular formula is C56H64N2O2. The maximum absolute atomic E-state index is 11.5. The van der Waals surface area contributed by atoms with Crippen molar-refractivity contribution >= 4 is 12.4 Å². The third-order valence-corrected chi connectivity index (χ3v) is 13.2. The van der Waals surface area contributed by atoms with E-state index >= 15 is 0 Å². The molecule has 4 nitrogen and oxygen atoms in total. The molecule has 0 amide bonds. The summed E-state index contributed by atoms with van der Waals surface area (Å²) in [5.74, 6) is 0.530. The molecule has 1 fully saturated rings. The van der Waals surface area contributed by atoms with Crippen molar-refractivity contribution in [2.45, 2.75) is 115 Å². The summed E-state index contributed by atoms with van der Waals surface area (Å²) in [7, 11) is 0. The van der Waals surface area contributed by atoms with Gasteiger partial charge in [-0.05, 0) is 58.4 Å². The zero-order valence-corrected chi connectivity index (χ0v) is 37.0. The summed E-state index contributed by atoms with van der Waals surface area (Å²) in [6, 6.07) is 50.4. The van der Waals surface area contributed by atoms with Crippen molar-refractivity contribution in [2.75, 3.05) is 0 Å². The molecule has 3 N–H and O–H groups in total. The second-order valence-corrected chi connectivity index (χ2v) is 18.6.